The zero-order valence-corrected chi connectivity index (χ0v) is 11.9. The van der Waals surface area contributed by atoms with Crippen LogP contribution in [0.15, 0.2) is 30.6 Å². The fourth-order valence-electron chi connectivity index (χ4n) is 2.16. The summed E-state index contributed by atoms with van der Waals surface area (Å²) >= 11 is 6.15. The molecule has 0 spiro atoms. The van der Waals surface area contributed by atoms with E-state index in [1.54, 1.807) is 0 Å². The average Bonchev–Trinajstić information content (AvgIpc) is 2.90. The first-order chi connectivity index (χ1) is 9.74. The molecule has 0 unspecified atom stereocenters. The molecule has 1 N–H and O–H groups in total. The number of benzene rings is 1. The molecule has 0 bridgehead atoms. The number of hydrogen-bond donors (Lipinski definition) is 1. The molecule has 1 aliphatic heterocycles. The van der Waals surface area contributed by atoms with Crippen molar-refractivity contribution in [3.05, 3.63) is 52.3 Å². The SMILES string of the molecule is Cc1cnccc1CNCc1cc(Cl)c2c(c1)OCO2. The molecule has 20 heavy (non-hydrogen) atoms. The van der Waals surface area contributed by atoms with E-state index >= 15 is 0 Å². The fourth-order valence-corrected chi connectivity index (χ4v) is 2.45. The molecule has 2 heterocycles. The summed E-state index contributed by atoms with van der Waals surface area (Å²) in [4.78, 5) is 4.09. The van der Waals surface area contributed by atoms with Gasteiger partial charge in [0.1, 0.15) is 0 Å². The number of rotatable bonds is 4. The van der Waals surface area contributed by atoms with Gasteiger partial charge in [0, 0.05) is 25.5 Å². The van der Waals surface area contributed by atoms with Crippen molar-refractivity contribution >= 4 is 11.6 Å². The molecular weight excluding hydrogens is 276 g/mol. The van der Waals surface area contributed by atoms with Crippen molar-refractivity contribution in [1.29, 1.82) is 0 Å². The Morgan fingerprint density at radius 1 is 1.30 bits per heavy atom. The van der Waals surface area contributed by atoms with E-state index in [4.69, 9.17) is 21.1 Å². The maximum atomic E-state index is 6.15. The molecule has 4 nitrogen and oxygen atoms in total. The first kappa shape index (κ1) is 13.2. The van der Waals surface area contributed by atoms with Gasteiger partial charge in [-0.25, -0.2) is 0 Å². The molecule has 104 valence electrons. The highest BCUT2D eigenvalue weighted by Gasteiger charge is 2.17. The molecule has 1 aliphatic rings. The standard InChI is InChI=1S/C15H15ClN2O2/c1-10-6-17-3-2-12(10)8-18-7-11-4-13(16)15-14(5-11)19-9-20-15/h2-6,18H,7-9H2,1H3. The Hall–Kier alpha value is -1.78. The second-order valence-corrected chi connectivity index (χ2v) is 5.12. The number of ether oxygens (including phenoxy) is 2. The molecule has 0 radical (unpaired) electrons. The Bertz CT molecular complexity index is 631. The number of aromatic nitrogens is 1. The van der Waals surface area contributed by atoms with Gasteiger partial charge in [0.05, 0.1) is 5.02 Å². The van der Waals surface area contributed by atoms with Gasteiger partial charge in [-0.2, -0.15) is 0 Å². The lowest BCUT2D eigenvalue weighted by atomic mass is 10.1. The predicted octanol–water partition coefficient (Wildman–Crippen LogP) is 3.06. The summed E-state index contributed by atoms with van der Waals surface area (Å²) in [5.74, 6) is 1.36. The zero-order chi connectivity index (χ0) is 13.9. The van der Waals surface area contributed by atoms with Gasteiger partial charge < -0.3 is 14.8 Å². The average molecular weight is 291 g/mol. The first-order valence-corrected chi connectivity index (χ1v) is 6.80. The van der Waals surface area contributed by atoms with Crippen LogP contribution < -0.4 is 14.8 Å². The highest BCUT2D eigenvalue weighted by molar-refractivity contribution is 6.32. The van der Waals surface area contributed by atoms with Gasteiger partial charge >= 0.3 is 0 Å². The lowest BCUT2D eigenvalue weighted by Crippen LogP contribution is -2.13. The van der Waals surface area contributed by atoms with E-state index in [2.05, 4.69) is 17.2 Å². The number of hydrogen-bond acceptors (Lipinski definition) is 4. The summed E-state index contributed by atoms with van der Waals surface area (Å²) in [7, 11) is 0. The minimum absolute atomic E-state index is 0.238. The van der Waals surface area contributed by atoms with Gasteiger partial charge in [-0.15, -0.1) is 0 Å². The second kappa shape index (κ2) is 5.69. The van der Waals surface area contributed by atoms with Crippen LogP contribution in [0.5, 0.6) is 11.5 Å². The van der Waals surface area contributed by atoms with Crippen molar-refractivity contribution in [2.24, 2.45) is 0 Å². The minimum atomic E-state index is 0.238. The van der Waals surface area contributed by atoms with Gasteiger partial charge in [0.15, 0.2) is 11.5 Å². The molecule has 0 amide bonds. The smallest absolute Gasteiger partial charge is 0.231 e. The Morgan fingerprint density at radius 2 is 2.20 bits per heavy atom. The van der Waals surface area contributed by atoms with Crippen molar-refractivity contribution in [1.82, 2.24) is 10.3 Å². The molecule has 0 saturated carbocycles. The molecule has 0 saturated heterocycles. The summed E-state index contributed by atoms with van der Waals surface area (Å²) < 4.78 is 10.7. The number of aryl methyl sites for hydroxylation is 1. The summed E-state index contributed by atoms with van der Waals surface area (Å²) in [6.45, 7) is 3.81. The normalized spacial score (nSPS) is 12.7. The summed E-state index contributed by atoms with van der Waals surface area (Å²) in [5.41, 5.74) is 3.50. The third-order valence-corrected chi connectivity index (χ3v) is 3.55. The molecule has 0 fully saturated rings. The maximum absolute atomic E-state index is 6.15. The van der Waals surface area contributed by atoms with E-state index in [9.17, 15) is 0 Å². The Labute approximate surface area is 122 Å². The molecule has 2 aromatic rings. The van der Waals surface area contributed by atoms with Gasteiger partial charge in [0.2, 0.25) is 6.79 Å². The van der Waals surface area contributed by atoms with Crippen LogP contribution in [0.4, 0.5) is 0 Å². The van der Waals surface area contributed by atoms with E-state index in [0.29, 0.717) is 10.8 Å². The van der Waals surface area contributed by atoms with E-state index in [1.807, 2.05) is 30.6 Å². The van der Waals surface area contributed by atoms with E-state index in [0.717, 1.165) is 24.4 Å². The number of pyridine rings is 1. The third kappa shape index (κ3) is 2.71. The molecular formula is C15H15ClN2O2. The molecule has 5 heteroatoms. The van der Waals surface area contributed by atoms with Crippen LogP contribution in [0.1, 0.15) is 16.7 Å². The van der Waals surface area contributed by atoms with Crippen LogP contribution in [0.2, 0.25) is 5.02 Å². The highest BCUT2D eigenvalue weighted by Crippen LogP contribution is 2.39. The number of nitrogens with zero attached hydrogens (tertiary/aromatic N) is 1. The van der Waals surface area contributed by atoms with Crippen LogP contribution in [0.3, 0.4) is 0 Å². The van der Waals surface area contributed by atoms with E-state index < -0.39 is 0 Å². The maximum Gasteiger partial charge on any atom is 0.231 e. The van der Waals surface area contributed by atoms with Crippen molar-refractivity contribution in [2.45, 2.75) is 20.0 Å². The van der Waals surface area contributed by atoms with Gasteiger partial charge in [-0.3, -0.25) is 4.98 Å². The van der Waals surface area contributed by atoms with Crippen LogP contribution in [-0.2, 0) is 13.1 Å². The summed E-state index contributed by atoms with van der Waals surface area (Å²) in [5, 5.41) is 3.99. The molecule has 1 aromatic carbocycles. The number of nitrogens with one attached hydrogen (secondary N) is 1. The van der Waals surface area contributed by atoms with Crippen LogP contribution in [-0.4, -0.2) is 11.8 Å². The van der Waals surface area contributed by atoms with Gasteiger partial charge in [0.25, 0.3) is 0 Å². The van der Waals surface area contributed by atoms with Crippen molar-refractivity contribution < 1.29 is 9.47 Å². The molecule has 0 atom stereocenters. The Morgan fingerprint density at radius 3 is 3.05 bits per heavy atom. The highest BCUT2D eigenvalue weighted by atomic mass is 35.5. The largest absolute Gasteiger partial charge is 0.454 e. The van der Waals surface area contributed by atoms with Crippen LogP contribution >= 0.6 is 11.6 Å². The predicted molar refractivity (Wildman–Crippen MR) is 77.1 cm³/mol. The minimum Gasteiger partial charge on any atom is -0.454 e. The van der Waals surface area contributed by atoms with Crippen molar-refractivity contribution in [2.75, 3.05) is 6.79 Å². The van der Waals surface area contributed by atoms with Crippen molar-refractivity contribution in [3.8, 4) is 11.5 Å². The molecule has 3 rings (SSSR count). The van der Waals surface area contributed by atoms with Gasteiger partial charge in [-0.05, 0) is 41.8 Å². The van der Waals surface area contributed by atoms with Crippen molar-refractivity contribution in [3.63, 3.8) is 0 Å². The third-order valence-electron chi connectivity index (χ3n) is 3.27. The van der Waals surface area contributed by atoms with Gasteiger partial charge in [-0.1, -0.05) is 11.6 Å². The fraction of sp³-hybridized carbons (Fsp3) is 0.267. The zero-order valence-electron chi connectivity index (χ0n) is 11.1. The summed E-state index contributed by atoms with van der Waals surface area (Å²) in [6.07, 6.45) is 3.68. The Balaban J connectivity index is 1.65. The lowest BCUT2D eigenvalue weighted by molar-refractivity contribution is 0.174. The second-order valence-electron chi connectivity index (χ2n) is 4.72. The van der Waals surface area contributed by atoms with E-state index in [-0.39, 0.29) is 6.79 Å². The first-order valence-electron chi connectivity index (χ1n) is 6.42. The molecule has 0 aliphatic carbocycles. The monoisotopic (exact) mass is 290 g/mol. The number of fused-ring (bicyclic) bond motifs is 1. The van der Waals surface area contributed by atoms with Crippen LogP contribution in [0, 0.1) is 6.92 Å². The summed E-state index contributed by atoms with van der Waals surface area (Å²) in [6, 6.07) is 5.89. The molecule has 1 aromatic heterocycles. The quantitative estimate of drug-likeness (QED) is 0.940. The van der Waals surface area contributed by atoms with E-state index in [1.165, 1.54) is 11.1 Å². The lowest BCUT2D eigenvalue weighted by Gasteiger charge is -2.08. The Kier molecular flexibility index (Phi) is 3.76. The van der Waals surface area contributed by atoms with Crippen LogP contribution in [0.25, 0.3) is 0 Å². The number of halogens is 1. The topological polar surface area (TPSA) is 43.4 Å².